The van der Waals surface area contributed by atoms with Gasteiger partial charge in [-0.25, -0.2) is 0 Å². The lowest BCUT2D eigenvalue weighted by Crippen LogP contribution is -2.21. The van der Waals surface area contributed by atoms with E-state index in [2.05, 4.69) is 43.4 Å². The van der Waals surface area contributed by atoms with Gasteiger partial charge < -0.3 is 4.74 Å². The van der Waals surface area contributed by atoms with Crippen molar-refractivity contribution in [1.82, 2.24) is 0 Å². The van der Waals surface area contributed by atoms with Gasteiger partial charge in [0.15, 0.2) is 0 Å². The number of hydrogen-bond acceptors (Lipinski definition) is 2. The molecule has 0 radical (unpaired) electrons. The summed E-state index contributed by atoms with van der Waals surface area (Å²) in [5, 5.41) is 0. The molecule has 0 spiro atoms. The molecule has 0 N–H and O–H groups in total. The van der Waals surface area contributed by atoms with Crippen LogP contribution in [-0.2, 0) is 9.53 Å². The topological polar surface area (TPSA) is 26.3 Å². The van der Waals surface area contributed by atoms with Gasteiger partial charge in [0.1, 0.15) is 0 Å². The molecular weight excluding hydrogens is 224 g/mol. The third-order valence-corrected chi connectivity index (χ3v) is 3.87. The van der Waals surface area contributed by atoms with Crippen molar-refractivity contribution in [2.45, 2.75) is 32.6 Å². The SMILES string of the molecule is COC(=O)CCC(C)(C1=CCC=C1)C1=CCC=C1. The second kappa shape index (κ2) is 5.38. The van der Waals surface area contributed by atoms with Crippen LogP contribution in [0.15, 0.2) is 47.6 Å². The molecule has 0 aromatic heterocycles. The van der Waals surface area contributed by atoms with Crippen LogP contribution in [0.3, 0.4) is 0 Å². The van der Waals surface area contributed by atoms with Crippen molar-refractivity contribution in [2.75, 3.05) is 7.11 Å². The average molecular weight is 244 g/mol. The molecule has 0 aliphatic heterocycles. The van der Waals surface area contributed by atoms with Gasteiger partial charge in [-0.3, -0.25) is 4.79 Å². The molecule has 0 saturated carbocycles. The van der Waals surface area contributed by atoms with Crippen molar-refractivity contribution in [1.29, 1.82) is 0 Å². The Morgan fingerprint density at radius 2 is 1.78 bits per heavy atom. The fraction of sp³-hybridized carbons (Fsp3) is 0.438. The maximum atomic E-state index is 11.4. The summed E-state index contributed by atoms with van der Waals surface area (Å²) >= 11 is 0. The molecule has 2 aliphatic rings. The molecule has 0 heterocycles. The van der Waals surface area contributed by atoms with Crippen molar-refractivity contribution in [2.24, 2.45) is 5.41 Å². The molecule has 96 valence electrons. The summed E-state index contributed by atoms with van der Waals surface area (Å²) in [4.78, 5) is 11.4. The summed E-state index contributed by atoms with van der Waals surface area (Å²) in [6, 6.07) is 0. The summed E-state index contributed by atoms with van der Waals surface area (Å²) in [5.41, 5.74) is 2.59. The Kier molecular flexibility index (Phi) is 3.85. The zero-order chi connectivity index (χ0) is 13.0. The van der Waals surface area contributed by atoms with Gasteiger partial charge in [0.2, 0.25) is 0 Å². The van der Waals surface area contributed by atoms with Crippen LogP contribution in [0.25, 0.3) is 0 Å². The van der Waals surface area contributed by atoms with Gasteiger partial charge in [0, 0.05) is 11.8 Å². The number of methoxy groups -OCH3 is 1. The first kappa shape index (κ1) is 12.9. The minimum absolute atomic E-state index is 0.0613. The molecule has 0 aromatic rings. The number of esters is 1. The van der Waals surface area contributed by atoms with Crippen molar-refractivity contribution in [3.63, 3.8) is 0 Å². The van der Waals surface area contributed by atoms with Gasteiger partial charge >= 0.3 is 5.97 Å². The van der Waals surface area contributed by atoms with Crippen molar-refractivity contribution >= 4 is 5.97 Å². The van der Waals surface area contributed by atoms with E-state index in [-0.39, 0.29) is 11.4 Å². The Morgan fingerprint density at radius 3 is 2.17 bits per heavy atom. The summed E-state index contributed by atoms with van der Waals surface area (Å²) in [6.45, 7) is 2.22. The van der Waals surface area contributed by atoms with Crippen LogP contribution in [0.1, 0.15) is 32.6 Å². The van der Waals surface area contributed by atoms with E-state index >= 15 is 0 Å². The number of carbonyl (C=O) groups is 1. The van der Waals surface area contributed by atoms with E-state index in [1.165, 1.54) is 18.3 Å². The van der Waals surface area contributed by atoms with Crippen LogP contribution in [0.4, 0.5) is 0 Å². The van der Waals surface area contributed by atoms with E-state index in [4.69, 9.17) is 4.74 Å². The fourth-order valence-electron chi connectivity index (χ4n) is 2.64. The van der Waals surface area contributed by atoms with Gasteiger partial charge in [-0.05, 0) is 30.4 Å². The third kappa shape index (κ3) is 2.47. The lowest BCUT2D eigenvalue weighted by atomic mass is 9.72. The lowest BCUT2D eigenvalue weighted by Gasteiger charge is -2.31. The minimum atomic E-state index is -0.133. The molecule has 0 unspecified atom stereocenters. The Hall–Kier alpha value is -1.57. The van der Waals surface area contributed by atoms with Gasteiger partial charge in [-0.2, -0.15) is 0 Å². The monoisotopic (exact) mass is 244 g/mol. The lowest BCUT2D eigenvalue weighted by molar-refractivity contribution is -0.141. The predicted octanol–water partition coefficient (Wildman–Crippen LogP) is 3.72. The van der Waals surface area contributed by atoms with Crippen molar-refractivity contribution in [3.8, 4) is 0 Å². The van der Waals surface area contributed by atoms with E-state index in [1.807, 2.05) is 0 Å². The molecule has 0 saturated heterocycles. The van der Waals surface area contributed by atoms with Gasteiger partial charge in [-0.1, -0.05) is 43.4 Å². The van der Waals surface area contributed by atoms with Crippen LogP contribution in [0.5, 0.6) is 0 Å². The maximum absolute atomic E-state index is 11.4. The molecule has 2 nitrogen and oxygen atoms in total. The first-order valence-corrected chi connectivity index (χ1v) is 6.48. The summed E-state index contributed by atoms with van der Waals surface area (Å²) in [5.74, 6) is -0.133. The number of allylic oxidation sites excluding steroid dienone is 8. The van der Waals surface area contributed by atoms with E-state index < -0.39 is 0 Å². The summed E-state index contributed by atoms with van der Waals surface area (Å²) < 4.78 is 4.76. The van der Waals surface area contributed by atoms with E-state index in [0.717, 1.165) is 19.3 Å². The Morgan fingerprint density at radius 1 is 1.22 bits per heavy atom. The van der Waals surface area contributed by atoms with Crippen molar-refractivity contribution < 1.29 is 9.53 Å². The molecule has 2 rings (SSSR count). The Labute approximate surface area is 109 Å². The highest BCUT2D eigenvalue weighted by Gasteiger charge is 2.32. The maximum Gasteiger partial charge on any atom is 0.305 e. The van der Waals surface area contributed by atoms with Gasteiger partial charge in [0.25, 0.3) is 0 Å². The first-order chi connectivity index (χ1) is 8.66. The van der Waals surface area contributed by atoms with Crippen LogP contribution >= 0.6 is 0 Å². The molecule has 2 aliphatic carbocycles. The molecule has 2 heteroatoms. The smallest absolute Gasteiger partial charge is 0.305 e. The third-order valence-electron chi connectivity index (χ3n) is 3.87. The largest absolute Gasteiger partial charge is 0.469 e. The van der Waals surface area contributed by atoms with Gasteiger partial charge in [-0.15, -0.1) is 0 Å². The molecule has 0 atom stereocenters. The average Bonchev–Trinajstić information content (AvgIpc) is 3.06. The zero-order valence-electron chi connectivity index (χ0n) is 11.1. The highest BCUT2D eigenvalue weighted by Crippen LogP contribution is 2.44. The molecule has 0 amide bonds. The highest BCUT2D eigenvalue weighted by molar-refractivity contribution is 5.69. The van der Waals surface area contributed by atoms with Crippen LogP contribution in [-0.4, -0.2) is 13.1 Å². The summed E-state index contributed by atoms with van der Waals surface area (Å²) in [7, 11) is 1.45. The second-order valence-corrected chi connectivity index (χ2v) is 5.00. The van der Waals surface area contributed by atoms with Crippen molar-refractivity contribution in [3.05, 3.63) is 47.6 Å². The molecular formula is C16H20O2. The molecule has 0 fully saturated rings. The second-order valence-electron chi connectivity index (χ2n) is 5.00. The van der Waals surface area contributed by atoms with E-state index in [0.29, 0.717) is 6.42 Å². The molecule has 18 heavy (non-hydrogen) atoms. The van der Waals surface area contributed by atoms with Crippen LogP contribution < -0.4 is 0 Å². The highest BCUT2D eigenvalue weighted by atomic mass is 16.5. The van der Waals surface area contributed by atoms with E-state index in [1.54, 1.807) is 0 Å². The number of carbonyl (C=O) groups excluding carboxylic acids is 1. The molecule has 0 aromatic carbocycles. The Balaban J connectivity index is 2.19. The van der Waals surface area contributed by atoms with Crippen LogP contribution in [0, 0.1) is 5.41 Å². The number of hydrogen-bond donors (Lipinski definition) is 0. The van der Waals surface area contributed by atoms with Gasteiger partial charge in [0.05, 0.1) is 7.11 Å². The molecule has 0 bridgehead atoms. The Bertz CT molecular complexity index is 420. The first-order valence-electron chi connectivity index (χ1n) is 6.48. The fourth-order valence-corrected chi connectivity index (χ4v) is 2.64. The quantitative estimate of drug-likeness (QED) is 0.689. The predicted molar refractivity (Wildman–Crippen MR) is 73.0 cm³/mol. The normalized spacial score (nSPS) is 17.9. The van der Waals surface area contributed by atoms with E-state index in [9.17, 15) is 4.79 Å². The summed E-state index contributed by atoms with van der Waals surface area (Å²) in [6.07, 6.45) is 16.5. The number of ether oxygens (including phenoxy) is 1. The standard InChI is InChI=1S/C16H20O2/c1-16(12-11-15(17)18-2,13-7-3-4-8-13)14-9-5-6-10-14/h3,5,7-10H,4,6,11-12H2,1-2H3. The zero-order valence-corrected chi connectivity index (χ0v) is 11.1. The van der Waals surface area contributed by atoms with Crippen LogP contribution in [0.2, 0.25) is 0 Å². The number of rotatable bonds is 5. The minimum Gasteiger partial charge on any atom is -0.469 e.